The van der Waals surface area contributed by atoms with Crippen LogP contribution in [0, 0.1) is 17.2 Å². The van der Waals surface area contributed by atoms with E-state index in [0.29, 0.717) is 0 Å². The Morgan fingerprint density at radius 1 is 1.50 bits per heavy atom. The van der Waals surface area contributed by atoms with Gasteiger partial charge in [-0.3, -0.25) is 0 Å². The normalized spacial score (nSPS) is 6.33. The van der Waals surface area contributed by atoms with Gasteiger partial charge in [0, 0.05) is 5.92 Å². The second-order valence-electron chi connectivity index (χ2n) is 1.28. The van der Waals surface area contributed by atoms with Crippen LogP contribution in [-0.2, 0) is 0 Å². The summed E-state index contributed by atoms with van der Waals surface area (Å²) in [4.78, 5) is 0. The molecule has 0 aliphatic carbocycles. The van der Waals surface area contributed by atoms with Crippen molar-refractivity contribution in [1.82, 2.24) is 0 Å². The molecule has 0 N–H and O–H groups in total. The monoisotopic (exact) mass is 105 g/mol. The minimum atomic E-state index is 0. The van der Waals surface area contributed by atoms with Gasteiger partial charge in [-0.1, -0.05) is 0 Å². The van der Waals surface area contributed by atoms with Crippen LogP contribution in [0.2, 0.25) is 0 Å². The molecule has 0 aromatic rings. The summed E-state index contributed by atoms with van der Waals surface area (Å²) < 4.78 is 0. The summed E-state index contributed by atoms with van der Waals surface area (Å²) >= 11 is 0. The van der Waals surface area contributed by atoms with Crippen molar-refractivity contribution in [2.24, 2.45) is 5.92 Å². The van der Waals surface area contributed by atoms with Crippen molar-refractivity contribution >= 4 is 12.4 Å². The molecule has 2 heteroatoms. The third-order valence-electron chi connectivity index (χ3n) is 0.258. The Kier molecular flexibility index (Phi) is 7.36. The lowest BCUT2D eigenvalue weighted by Crippen LogP contribution is -1.72. The summed E-state index contributed by atoms with van der Waals surface area (Å²) in [6.07, 6.45) is 0. The summed E-state index contributed by atoms with van der Waals surface area (Å²) in [5.41, 5.74) is 0. The van der Waals surface area contributed by atoms with Gasteiger partial charge in [0.15, 0.2) is 0 Å². The number of halogens is 1. The molecular weight excluding hydrogens is 97.5 g/mol. The standard InChI is InChI=1S/C4H7N.ClH/c1-4(2)3-5;/h4H,1-2H3;1H. The van der Waals surface area contributed by atoms with Crippen LogP contribution in [0.25, 0.3) is 0 Å². The van der Waals surface area contributed by atoms with Gasteiger partial charge in [0.1, 0.15) is 0 Å². The lowest BCUT2D eigenvalue weighted by Gasteiger charge is -1.75. The summed E-state index contributed by atoms with van der Waals surface area (Å²) in [6, 6.07) is 2.03. The zero-order valence-corrected chi connectivity index (χ0v) is 4.75. The van der Waals surface area contributed by atoms with Gasteiger partial charge in [-0.05, 0) is 13.8 Å². The molecule has 0 radical (unpaired) electrons. The highest BCUT2D eigenvalue weighted by molar-refractivity contribution is 5.85. The van der Waals surface area contributed by atoms with E-state index in [1.54, 1.807) is 0 Å². The maximum atomic E-state index is 7.89. The Morgan fingerprint density at radius 3 is 1.67 bits per heavy atom. The maximum absolute atomic E-state index is 7.89. The molecule has 0 atom stereocenters. The molecule has 36 valence electrons. The van der Waals surface area contributed by atoms with Gasteiger partial charge < -0.3 is 0 Å². The van der Waals surface area contributed by atoms with E-state index >= 15 is 0 Å². The molecule has 0 bridgehead atoms. The molecule has 6 heavy (non-hydrogen) atoms. The molecule has 0 rings (SSSR count). The highest BCUT2D eigenvalue weighted by Gasteiger charge is 1.78. The van der Waals surface area contributed by atoms with E-state index in [0.717, 1.165) is 0 Å². The van der Waals surface area contributed by atoms with Crippen molar-refractivity contribution in [3.63, 3.8) is 0 Å². The molecule has 0 fully saturated rings. The lowest BCUT2D eigenvalue weighted by atomic mass is 10.3. The van der Waals surface area contributed by atoms with Gasteiger partial charge in [-0.25, -0.2) is 0 Å². The van der Waals surface area contributed by atoms with Crippen molar-refractivity contribution in [3.8, 4) is 6.07 Å². The van der Waals surface area contributed by atoms with Crippen molar-refractivity contribution in [1.29, 1.82) is 5.26 Å². The number of rotatable bonds is 0. The smallest absolute Gasteiger partial charge is 0.0649 e. The van der Waals surface area contributed by atoms with Gasteiger partial charge >= 0.3 is 0 Å². The second kappa shape index (κ2) is 4.78. The molecule has 0 aliphatic rings. The Hall–Kier alpha value is -0.220. The van der Waals surface area contributed by atoms with E-state index in [4.69, 9.17) is 5.26 Å². The molecule has 0 unspecified atom stereocenters. The van der Waals surface area contributed by atoms with Gasteiger partial charge in [0.05, 0.1) is 6.07 Å². The van der Waals surface area contributed by atoms with Crippen molar-refractivity contribution in [2.75, 3.05) is 0 Å². The van der Waals surface area contributed by atoms with Gasteiger partial charge in [0.2, 0.25) is 0 Å². The quantitative estimate of drug-likeness (QED) is 0.459. The number of nitriles is 1. The van der Waals surface area contributed by atoms with E-state index < -0.39 is 0 Å². The molecule has 0 saturated carbocycles. The Morgan fingerprint density at radius 2 is 1.67 bits per heavy atom. The molecule has 0 aliphatic heterocycles. The SMILES string of the molecule is CC(C)C#N.Cl. The zero-order valence-electron chi connectivity index (χ0n) is 3.93. The molecule has 1 nitrogen and oxygen atoms in total. The van der Waals surface area contributed by atoms with Crippen LogP contribution in [0.15, 0.2) is 0 Å². The fourth-order valence-corrected chi connectivity index (χ4v) is 0. The highest BCUT2D eigenvalue weighted by atomic mass is 35.5. The fraction of sp³-hybridized carbons (Fsp3) is 0.750. The first-order valence-corrected chi connectivity index (χ1v) is 1.67. The predicted molar refractivity (Wildman–Crippen MR) is 27.7 cm³/mol. The van der Waals surface area contributed by atoms with Crippen LogP contribution in [0.3, 0.4) is 0 Å². The number of hydrogen-bond donors (Lipinski definition) is 0. The maximum Gasteiger partial charge on any atom is 0.0649 e. The molecule has 0 aromatic heterocycles. The summed E-state index contributed by atoms with van der Waals surface area (Å²) in [5, 5.41) is 7.89. The van der Waals surface area contributed by atoms with Crippen LogP contribution in [0.4, 0.5) is 0 Å². The Labute approximate surface area is 44.4 Å². The predicted octanol–water partition coefficient (Wildman–Crippen LogP) is 1.59. The van der Waals surface area contributed by atoms with Gasteiger partial charge in [-0.15, -0.1) is 12.4 Å². The van der Waals surface area contributed by atoms with E-state index in [-0.39, 0.29) is 18.3 Å². The molecular formula is C4H8ClN. The van der Waals surface area contributed by atoms with E-state index in [1.165, 1.54) is 0 Å². The fourth-order valence-electron chi connectivity index (χ4n) is 0. The molecule has 0 heterocycles. The third-order valence-corrected chi connectivity index (χ3v) is 0.258. The average Bonchev–Trinajstić information content (AvgIpc) is 1.38. The van der Waals surface area contributed by atoms with Crippen LogP contribution in [-0.4, -0.2) is 0 Å². The Bertz CT molecular complexity index is 53.1. The largest absolute Gasteiger partial charge is 0.198 e. The average molecular weight is 106 g/mol. The van der Waals surface area contributed by atoms with Crippen LogP contribution < -0.4 is 0 Å². The molecule has 0 aromatic carbocycles. The third kappa shape index (κ3) is 9.22. The lowest BCUT2D eigenvalue weighted by molar-refractivity contribution is 0.849. The Balaban J connectivity index is 0. The summed E-state index contributed by atoms with van der Waals surface area (Å²) in [7, 11) is 0. The number of nitrogens with zero attached hydrogens (tertiary/aromatic N) is 1. The van der Waals surface area contributed by atoms with E-state index in [1.807, 2.05) is 19.9 Å². The molecule has 0 saturated heterocycles. The summed E-state index contributed by atoms with van der Waals surface area (Å²) in [5.74, 6) is 0.190. The van der Waals surface area contributed by atoms with E-state index in [2.05, 4.69) is 0 Å². The van der Waals surface area contributed by atoms with Crippen molar-refractivity contribution < 1.29 is 0 Å². The first-order chi connectivity index (χ1) is 2.27. The minimum Gasteiger partial charge on any atom is -0.198 e. The van der Waals surface area contributed by atoms with Gasteiger partial charge in [0.25, 0.3) is 0 Å². The molecule has 0 spiro atoms. The minimum absolute atomic E-state index is 0. The van der Waals surface area contributed by atoms with E-state index in [9.17, 15) is 0 Å². The summed E-state index contributed by atoms with van der Waals surface area (Å²) in [6.45, 7) is 3.72. The van der Waals surface area contributed by atoms with Crippen LogP contribution in [0.5, 0.6) is 0 Å². The van der Waals surface area contributed by atoms with Crippen LogP contribution in [0.1, 0.15) is 13.8 Å². The number of hydrogen-bond acceptors (Lipinski definition) is 1. The zero-order chi connectivity index (χ0) is 4.28. The van der Waals surface area contributed by atoms with Gasteiger partial charge in [-0.2, -0.15) is 5.26 Å². The molecule has 0 amide bonds. The van der Waals surface area contributed by atoms with Crippen molar-refractivity contribution in [3.05, 3.63) is 0 Å². The van der Waals surface area contributed by atoms with Crippen LogP contribution >= 0.6 is 12.4 Å². The topological polar surface area (TPSA) is 23.8 Å². The second-order valence-corrected chi connectivity index (χ2v) is 1.28. The first kappa shape index (κ1) is 9.24. The first-order valence-electron chi connectivity index (χ1n) is 1.67. The highest BCUT2D eigenvalue weighted by Crippen LogP contribution is 1.81. The van der Waals surface area contributed by atoms with Crippen molar-refractivity contribution in [2.45, 2.75) is 13.8 Å².